The van der Waals surface area contributed by atoms with Crippen molar-refractivity contribution < 1.29 is 54.8 Å². The SMILES string of the molecule is C.C.OC(CC(F)(F)F)c1ccc(N2CCN(c3ccc(-c4ccc(C(F)(F)C(O)(Cn5cnnn5)c5ccc(F)cc5)nc4)cc3)CC2)cn1.OC(Cn1cnnn1)(c1ccc(F)cc1)C(F)(F)c1ccc(Br)cn1. The second-order valence-corrected chi connectivity index (χ2v) is 17.9. The number of aromatic nitrogens is 11. The first-order chi connectivity index (χ1) is 35.1. The van der Waals surface area contributed by atoms with Gasteiger partial charge >= 0.3 is 18.0 Å². The third-order valence-electron chi connectivity index (χ3n) is 12.1. The van der Waals surface area contributed by atoms with Crippen LogP contribution in [0.3, 0.4) is 0 Å². The molecule has 0 spiro atoms. The monoisotopic (exact) mass is 1130 g/mol. The molecule has 3 atom stereocenters. The molecule has 8 aromatic rings. The van der Waals surface area contributed by atoms with Crippen LogP contribution in [0.15, 0.2) is 145 Å². The maximum Gasteiger partial charge on any atom is 0.391 e. The number of aliphatic hydroxyl groups is 3. The van der Waals surface area contributed by atoms with E-state index >= 15 is 17.6 Å². The van der Waals surface area contributed by atoms with Gasteiger partial charge in [0.1, 0.15) is 41.8 Å². The van der Waals surface area contributed by atoms with Crippen LogP contribution in [0.2, 0.25) is 0 Å². The summed E-state index contributed by atoms with van der Waals surface area (Å²) < 4.78 is 130. The molecular formula is C50H49BrF9N13O3. The van der Waals surface area contributed by atoms with Crippen LogP contribution in [0.1, 0.15) is 55.6 Å². The summed E-state index contributed by atoms with van der Waals surface area (Å²) in [5.74, 6) is -9.01. The Hall–Kier alpha value is -7.42. The van der Waals surface area contributed by atoms with Crippen molar-refractivity contribution in [3.05, 3.63) is 185 Å². The van der Waals surface area contributed by atoms with Gasteiger partial charge in [-0.05, 0) is 120 Å². The van der Waals surface area contributed by atoms with Crippen LogP contribution >= 0.6 is 15.9 Å². The molecule has 402 valence electrons. The van der Waals surface area contributed by atoms with Gasteiger partial charge in [-0.15, -0.1) is 10.2 Å². The van der Waals surface area contributed by atoms with Gasteiger partial charge in [0.15, 0.2) is 11.2 Å². The molecule has 6 heterocycles. The zero-order valence-corrected chi connectivity index (χ0v) is 39.8. The summed E-state index contributed by atoms with van der Waals surface area (Å²) >= 11 is 3.12. The highest BCUT2D eigenvalue weighted by atomic mass is 79.9. The number of benzene rings is 3. The summed E-state index contributed by atoms with van der Waals surface area (Å²) in [5, 5.41) is 53.0. The fraction of sp³-hybridized carbons (Fsp3) is 0.300. The minimum atomic E-state index is -4.49. The molecule has 1 aliphatic heterocycles. The molecule has 5 aromatic heterocycles. The molecule has 1 saturated heterocycles. The molecule has 3 N–H and O–H groups in total. The fourth-order valence-corrected chi connectivity index (χ4v) is 8.33. The van der Waals surface area contributed by atoms with E-state index in [1.807, 2.05) is 24.3 Å². The minimum Gasteiger partial charge on any atom is -0.386 e. The van der Waals surface area contributed by atoms with Crippen molar-refractivity contribution in [2.75, 3.05) is 36.0 Å². The van der Waals surface area contributed by atoms with Gasteiger partial charge in [0.25, 0.3) is 0 Å². The molecule has 3 aromatic carbocycles. The predicted molar refractivity (Wildman–Crippen MR) is 263 cm³/mol. The van der Waals surface area contributed by atoms with Crippen molar-refractivity contribution in [3.8, 4) is 11.1 Å². The van der Waals surface area contributed by atoms with Gasteiger partial charge in [-0.25, -0.2) is 18.1 Å². The van der Waals surface area contributed by atoms with Gasteiger partial charge in [0.05, 0.1) is 37.1 Å². The number of alkyl halides is 7. The summed E-state index contributed by atoms with van der Waals surface area (Å²) in [6.45, 7) is 1.19. The average Bonchev–Trinajstić information content (AvgIpc) is 4.12. The Morgan fingerprint density at radius 2 is 0.974 bits per heavy atom. The van der Waals surface area contributed by atoms with E-state index in [1.165, 1.54) is 36.8 Å². The fourth-order valence-electron chi connectivity index (χ4n) is 8.10. The smallest absolute Gasteiger partial charge is 0.386 e. The lowest BCUT2D eigenvalue weighted by atomic mass is 9.85. The van der Waals surface area contributed by atoms with E-state index in [2.05, 4.69) is 71.7 Å². The zero-order chi connectivity index (χ0) is 52.9. The van der Waals surface area contributed by atoms with E-state index in [-0.39, 0.29) is 31.7 Å². The summed E-state index contributed by atoms with van der Waals surface area (Å²) in [4.78, 5) is 16.0. The normalized spacial score (nSPS) is 15.0. The number of hydrogen-bond donors (Lipinski definition) is 3. The number of tetrazole rings is 2. The Morgan fingerprint density at radius 1 is 0.526 bits per heavy atom. The molecule has 3 unspecified atom stereocenters. The molecule has 0 aliphatic carbocycles. The van der Waals surface area contributed by atoms with Crippen molar-refractivity contribution in [1.82, 2.24) is 55.4 Å². The Morgan fingerprint density at radius 3 is 1.37 bits per heavy atom. The Bertz CT molecular complexity index is 3050. The number of nitrogens with zero attached hydrogens (tertiary/aromatic N) is 13. The molecule has 26 heteroatoms. The molecule has 16 nitrogen and oxygen atoms in total. The van der Waals surface area contributed by atoms with Gasteiger partial charge < -0.3 is 25.1 Å². The van der Waals surface area contributed by atoms with Crippen molar-refractivity contribution >= 4 is 27.3 Å². The van der Waals surface area contributed by atoms with E-state index in [9.17, 15) is 37.3 Å². The summed E-state index contributed by atoms with van der Waals surface area (Å²) in [5.41, 5.74) is -4.46. The largest absolute Gasteiger partial charge is 0.391 e. The number of rotatable bonds is 15. The molecule has 76 heavy (non-hydrogen) atoms. The van der Waals surface area contributed by atoms with E-state index in [4.69, 9.17) is 0 Å². The zero-order valence-electron chi connectivity index (χ0n) is 38.2. The van der Waals surface area contributed by atoms with E-state index in [1.54, 1.807) is 6.07 Å². The standard InChI is InChI=1S/C33H30F6N8O2.C15H11BrF3N5O.2CH4/c34-25-6-4-24(5-7-25)31(49,20-47-21-42-43-44-47)33(38,39)30-12-3-23(18-41-30)22-1-8-26(9-2-22)45-13-15-46(16-14-45)27-10-11-28(40-19-27)29(48)17-32(35,36)37;16-11-3-6-13(20-7-11)15(18,19)14(25,8-24-9-21-22-23-24)10-1-4-12(17)5-2-10;;/h1-12,18-19,21,29,48-49H,13-17,20H2;1-7,9,25H,8H2;2*1H4. The Labute approximate surface area is 437 Å². The van der Waals surface area contributed by atoms with E-state index in [0.29, 0.717) is 36.2 Å². The van der Waals surface area contributed by atoms with Gasteiger partial charge in [-0.1, -0.05) is 57.3 Å². The predicted octanol–water partition coefficient (Wildman–Crippen LogP) is 9.18. The van der Waals surface area contributed by atoms with Gasteiger partial charge in [-0.2, -0.15) is 30.7 Å². The number of piperazine rings is 1. The lowest BCUT2D eigenvalue weighted by Crippen LogP contribution is -2.47. The first-order valence-corrected chi connectivity index (χ1v) is 23.0. The second kappa shape index (κ2) is 23.6. The Kier molecular flexibility index (Phi) is 18.0. The molecule has 9 rings (SSSR count). The third kappa shape index (κ3) is 12.8. The summed E-state index contributed by atoms with van der Waals surface area (Å²) in [7, 11) is 0. The van der Waals surface area contributed by atoms with Crippen molar-refractivity contribution in [2.24, 2.45) is 0 Å². The highest BCUT2D eigenvalue weighted by molar-refractivity contribution is 9.10. The number of hydrogen-bond acceptors (Lipinski definition) is 14. The topological polar surface area (TPSA) is 193 Å². The molecule has 0 bridgehead atoms. The summed E-state index contributed by atoms with van der Waals surface area (Å²) in [6.07, 6.45) is -1.43. The number of halogens is 10. The van der Waals surface area contributed by atoms with Gasteiger partial charge in [0.2, 0.25) is 0 Å². The highest BCUT2D eigenvalue weighted by Gasteiger charge is 2.58. The molecule has 0 amide bonds. The van der Waals surface area contributed by atoms with Crippen molar-refractivity contribution in [2.45, 2.75) is 69.7 Å². The van der Waals surface area contributed by atoms with Crippen LogP contribution in [0, 0.1) is 11.6 Å². The lowest BCUT2D eigenvalue weighted by molar-refractivity contribution is -0.206. The number of anilines is 2. The van der Waals surface area contributed by atoms with Crippen LogP contribution in [-0.2, 0) is 36.1 Å². The van der Waals surface area contributed by atoms with Crippen LogP contribution in [-0.4, -0.2) is 103 Å². The maximum absolute atomic E-state index is 16.1. The highest BCUT2D eigenvalue weighted by Crippen LogP contribution is 2.47. The van der Waals surface area contributed by atoms with E-state index < -0.39 is 77.9 Å². The number of aliphatic hydroxyl groups excluding tert-OH is 1. The number of pyridine rings is 3. The minimum absolute atomic E-state index is 0. The van der Waals surface area contributed by atoms with Crippen LogP contribution in [0.25, 0.3) is 11.1 Å². The van der Waals surface area contributed by atoms with E-state index in [0.717, 1.165) is 99.6 Å². The van der Waals surface area contributed by atoms with Gasteiger partial charge in [-0.3, -0.25) is 15.0 Å². The van der Waals surface area contributed by atoms with Crippen LogP contribution in [0.5, 0.6) is 0 Å². The second-order valence-electron chi connectivity index (χ2n) is 17.0. The van der Waals surface area contributed by atoms with Crippen molar-refractivity contribution in [3.63, 3.8) is 0 Å². The first kappa shape index (κ1) is 57.9. The molecule has 1 fully saturated rings. The Balaban J connectivity index is 0.000000293. The first-order valence-electron chi connectivity index (χ1n) is 22.2. The van der Waals surface area contributed by atoms with Crippen molar-refractivity contribution in [1.29, 1.82) is 0 Å². The lowest BCUT2D eigenvalue weighted by Gasteiger charge is -2.37. The quantitative estimate of drug-likeness (QED) is 0.0823. The molecule has 1 aliphatic rings. The summed E-state index contributed by atoms with van der Waals surface area (Å²) in [6, 6.07) is 23.9. The third-order valence-corrected chi connectivity index (χ3v) is 12.6. The molecular weight excluding hydrogens is 1080 g/mol. The molecule has 0 radical (unpaired) electrons. The van der Waals surface area contributed by atoms with Gasteiger partial charge in [0, 0.05) is 54.3 Å². The molecule has 0 saturated carbocycles. The van der Waals surface area contributed by atoms with Crippen LogP contribution < -0.4 is 9.80 Å². The maximum atomic E-state index is 16.1. The van der Waals surface area contributed by atoms with Crippen LogP contribution in [0.4, 0.5) is 50.9 Å². The average molecular weight is 1130 g/mol.